The van der Waals surface area contributed by atoms with Crippen LogP contribution in [-0.4, -0.2) is 28.2 Å². The van der Waals surface area contributed by atoms with E-state index in [1.165, 1.54) is 0 Å². The molecule has 0 N–H and O–H groups in total. The summed E-state index contributed by atoms with van der Waals surface area (Å²) in [6, 6.07) is 21.1. The van der Waals surface area contributed by atoms with Crippen molar-refractivity contribution in [2.75, 3.05) is 38.0 Å². The van der Waals surface area contributed by atoms with Crippen molar-refractivity contribution in [3.05, 3.63) is 71.3 Å². The van der Waals surface area contributed by atoms with E-state index >= 15 is 0 Å². The number of anilines is 2. The predicted molar refractivity (Wildman–Crippen MR) is 113 cm³/mol. The van der Waals surface area contributed by atoms with Crippen LogP contribution in [0.15, 0.2) is 60.2 Å². The maximum atomic E-state index is 9.67. The number of hydrogen-bond acceptors (Lipinski definition) is 5. The van der Waals surface area contributed by atoms with Crippen LogP contribution in [0.1, 0.15) is 11.1 Å². The summed E-state index contributed by atoms with van der Waals surface area (Å²) in [6.45, 7) is 0. The predicted octanol–water partition coefficient (Wildman–Crippen LogP) is 4.23. The van der Waals surface area contributed by atoms with Crippen molar-refractivity contribution in [2.45, 2.75) is 0 Å². The minimum absolute atomic E-state index is 0.0322. The smallest absolute Gasteiger partial charge is 0.137 e. The monoisotopic (exact) mass is 367 g/mol. The average molecular weight is 367 g/mol. The molecule has 0 atom stereocenters. The van der Waals surface area contributed by atoms with Gasteiger partial charge in [-0.05, 0) is 41.5 Å². The van der Waals surface area contributed by atoms with Crippen molar-refractivity contribution in [1.82, 2.24) is 0 Å². The van der Waals surface area contributed by atoms with Crippen molar-refractivity contribution in [1.29, 1.82) is 15.8 Å². The van der Waals surface area contributed by atoms with E-state index in [4.69, 9.17) is 0 Å². The first-order valence-electron chi connectivity index (χ1n) is 8.63. The summed E-state index contributed by atoms with van der Waals surface area (Å²) in [4.78, 5) is 3.94. The van der Waals surface area contributed by atoms with Crippen molar-refractivity contribution >= 4 is 22.5 Å². The van der Waals surface area contributed by atoms with Crippen LogP contribution < -0.4 is 9.80 Å². The highest BCUT2D eigenvalue weighted by atomic mass is 15.1. The standard InChI is InChI=1S/C23H21N5/c1-27(2)21-9-5-17(6-10-21)19(14-24)13-23(20(15-25)16-26)18-7-11-22(12-8-18)28(3)4/h5-13H,1-4H3/b19-13+. The number of nitriles is 3. The quantitative estimate of drug-likeness (QED) is 0.584. The van der Waals surface area contributed by atoms with E-state index < -0.39 is 0 Å². The summed E-state index contributed by atoms with van der Waals surface area (Å²) in [6.07, 6.45) is 1.61. The van der Waals surface area contributed by atoms with Gasteiger partial charge >= 0.3 is 0 Å². The van der Waals surface area contributed by atoms with E-state index in [1.807, 2.05) is 98.7 Å². The summed E-state index contributed by atoms with van der Waals surface area (Å²) in [7, 11) is 7.76. The second kappa shape index (κ2) is 9.08. The molecule has 5 nitrogen and oxygen atoms in total. The fourth-order valence-electron chi connectivity index (χ4n) is 2.65. The summed E-state index contributed by atoms with van der Waals surface area (Å²) in [5, 5.41) is 28.5. The molecule has 0 aliphatic carbocycles. The summed E-state index contributed by atoms with van der Waals surface area (Å²) in [5.74, 6) is 0. The lowest BCUT2D eigenvalue weighted by molar-refractivity contribution is 1.13. The minimum Gasteiger partial charge on any atom is -0.378 e. The van der Waals surface area contributed by atoms with Gasteiger partial charge in [-0.15, -0.1) is 0 Å². The van der Waals surface area contributed by atoms with Gasteiger partial charge in [0.1, 0.15) is 17.7 Å². The van der Waals surface area contributed by atoms with Crippen LogP contribution in [-0.2, 0) is 0 Å². The first-order valence-corrected chi connectivity index (χ1v) is 8.63. The molecule has 0 aliphatic heterocycles. The van der Waals surface area contributed by atoms with E-state index in [1.54, 1.807) is 6.08 Å². The van der Waals surface area contributed by atoms with Crippen molar-refractivity contribution in [2.24, 2.45) is 0 Å². The van der Waals surface area contributed by atoms with Gasteiger partial charge in [0.15, 0.2) is 0 Å². The number of hydrogen-bond donors (Lipinski definition) is 0. The fraction of sp³-hybridized carbons (Fsp3) is 0.174. The molecule has 0 heterocycles. The molecule has 0 saturated heterocycles. The Morgan fingerprint density at radius 1 is 0.679 bits per heavy atom. The maximum absolute atomic E-state index is 9.67. The van der Waals surface area contributed by atoms with Crippen LogP contribution in [0, 0.1) is 34.0 Å². The molecule has 0 radical (unpaired) electrons. The summed E-state index contributed by atoms with van der Waals surface area (Å²) < 4.78 is 0. The Morgan fingerprint density at radius 3 is 1.46 bits per heavy atom. The van der Waals surface area contributed by atoms with Crippen LogP contribution in [0.2, 0.25) is 0 Å². The minimum atomic E-state index is -0.0322. The van der Waals surface area contributed by atoms with Gasteiger partial charge in [0.05, 0.1) is 11.6 Å². The molecule has 5 heteroatoms. The third kappa shape index (κ3) is 4.58. The van der Waals surface area contributed by atoms with Crippen molar-refractivity contribution < 1.29 is 0 Å². The van der Waals surface area contributed by atoms with Gasteiger partial charge in [-0.3, -0.25) is 0 Å². The lowest BCUT2D eigenvalue weighted by Gasteiger charge is -2.14. The van der Waals surface area contributed by atoms with E-state index in [2.05, 4.69) is 6.07 Å². The van der Waals surface area contributed by atoms with Crippen molar-refractivity contribution in [3.63, 3.8) is 0 Å². The molecule has 2 rings (SSSR count). The van der Waals surface area contributed by atoms with Crippen LogP contribution in [0.25, 0.3) is 11.1 Å². The zero-order chi connectivity index (χ0) is 20.7. The second-order valence-electron chi connectivity index (χ2n) is 6.56. The van der Waals surface area contributed by atoms with E-state index in [0.29, 0.717) is 16.7 Å². The Labute approximate surface area is 166 Å². The van der Waals surface area contributed by atoms with E-state index in [0.717, 1.165) is 16.9 Å². The molecule has 0 amide bonds. The molecular weight excluding hydrogens is 346 g/mol. The highest BCUT2D eigenvalue weighted by Gasteiger charge is 2.11. The molecule has 0 aromatic heterocycles. The third-order valence-electron chi connectivity index (χ3n) is 4.29. The van der Waals surface area contributed by atoms with Crippen LogP contribution in [0.3, 0.4) is 0 Å². The Kier molecular flexibility index (Phi) is 6.58. The molecule has 0 spiro atoms. The molecule has 2 aromatic carbocycles. The van der Waals surface area contributed by atoms with Gasteiger partial charge in [0.2, 0.25) is 0 Å². The highest BCUT2D eigenvalue weighted by molar-refractivity contribution is 5.92. The van der Waals surface area contributed by atoms with E-state index in [9.17, 15) is 15.8 Å². The Bertz CT molecular complexity index is 1000. The summed E-state index contributed by atoms with van der Waals surface area (Å²) >= 11 is 0. The largest absolute Gasteiger partial charge is 0.378 e. The topological polar surface area (TPSA) is 77.8 Å². The molecule has 138 valence electrons. The number of nitrogens with zero attached hydrogens (tertiary/aromatic N) is 5. The maximum Gasteiger partial charge on any atom is 0.137 e. The van der Waals surface area contributed by atoms with Crippen LogP contribution in [0.4, 0.5) is 11.4 Å². The Morgan fingerprint density at radius 2 is 1.11 bits per heavy atom. The number of rotatable bonds is 5. The SMILES string of the molecule is CN(C)c1ccc(C(/C=C(\C#N)c2ccc(N(C)C)cc2)=C(C#N)C#N)cc1. The lowest BCUT2D eigenvalue weighted by atomic mass is 9.96. The molecule has 2 aromatic rings. The number of allylic oxidation sites excluding steroid dienone is 4. The lowest BCUT2D eigenvalue weighted by Crippen LogP contribution is -2.08. The average Bonchev–Trinajstić information content (AvgIpc) is 2.71. The van der Waals surface area contributed by atoms with Gasteiger partial charge in [0, 0.05) is 45.1 Å². The van der Waals surface area contributed by atoms with Gasteiger partial charge in [0.25, 0.3) is 0 Å². The Balaban J connectivity index is 2.58. The van der Waals surface area contributed by atoms with Gasteiger partial charge < -0.3 is 9.80 Å². The van der Waals surface area contributed by atoms with Gasteiger partial charge in [-0.25, -0.2) is 0 Å². The molecule has 0 unspecified atom stereocenters. The Hall–Kier alpha value is -4.01. The molecule has 0 aliphatic rings. The van der Waals surface area contributed by atoms with E-state index in [-0.39, 0.29) is 5.57 Å². The van der Waals surface area contributed by atoms with Gasteiger partial charge in [-0.1, -0.05) is 24.3 Å². The molecule has 0 fully saturated rings. The highest BCUT2D eigenvalue weighted by Crippen LogP contribution is 2.27. The van der Waals surface area contributed by atoms with Crippen LogP contribution >= 0.6 is 0 Å². The fourth-order valence-corrected chi connectivity index (χ4v) is 2.65. The molecule has 0 saturated carbocycles. The first-order chi connectivity index (χ1) is 13.4. The normalized spacial score (nSPS) is 10.2. The zero-order valence-electron chi connectivity index (χ0n) is 16.4. The van der Waals surface area contributed by atoms with Crippen molar-refractivity contribution in [3.8, 4) is 18.2 Å². The zero-order valence-corrected chi connectivity index (χ0v) is 16.4. The summed E-state index contributed by atoms with van der Waals surface area (Å²) in [5.41, 5.74) is 4.25. The number of benzene rings is 2. The second-order valence-corrected chi connectivity index (χ2v) is 6.56. The van der Waals surface area contributed by atoms with Gasteiger partial charge in [-0.2, -0.15) is 15.8 Å². The molecule has 28 heavy (non-hydrogen) atoms. The molecule has 0 bridgehead atoms. The van der Waals surface area contributed by atoms with Crippen LogP contribution in [0.5, 0.6) is 0 Å². The third-order valence-corrected chi connectivity index (χ3v) is 4.29. The molecular formula is C23H21N5. The first kappa shape index (κ1) is 20.3.